The van der Waals surface area contributed by atoms with E-state index in [1.165, 1.54) is 0 Å². The van der Waals surface area contributed by atoms with Crippen molar-refractivity contribution >= 4 is 10.0 Å². The number of halogens is 2. The molecule has 0 aliphatic carbocycles. The quantitative estimate of drug-likeness (QED) is 0.734. The second kappa shape index (κ2) is 8.55. The molecule has 0 bridgehead atoms. The van der Waals surface area contributed by atoms with E-state index in [0.717, 1.165) is 33.8 Å². The number of hydrogen-bond donors (Lipinski definition) is 0. The average molecular weight is 410 g/mol. The Balaban J connectivity index is 1.69. The number of hydrogen-bond acceptors (Lipinski definition) is 4. The highest BCUT2D eigenvalue weighted by Crippen LogP contribution is 2.25. The summed E-state index contributed by atoms with van der Waals surface area (Å²) in [5, 5.41) is 0. The highest BCUT2D eigenvalue weighted by molar-refractivity contribution is 7.89. The highest BCUT2D eigenvalue weighted by Gasteiger charge is 2.33. The Morgan fingerprint density at radius 3 is 2.18 bits per heavy atom. The zero-order chi connectivity index (χ0) is 20.3. The Kier molecular flexibility index (Phi) is 6.32. The van der Waals surface area contributed by atoms with E-state index in [2.05, 4.69) is 4.90 Å². The van der Waals surface area contributed by atoms with Crippen LogP contribution in [0, 0.1) is 11.6 Å². The van der Waals surface area contributed by atoms with Crippen molar-refractivity contribution in [1.29, 1.82) is 0 Å². The number of piperazine rings is 1. The molecule has 1 heterocycles. The molecule has 1 fully saturated rings. The van der Waals surface area contributed by atoms with Gasteiger partial charge in [0.05, 0.1) is 6.10 Å². The van der Waals surface area contributed by atoms with Gasteiger partial charge in [-0.05, 0) is 32.0 Å². The summed E-state index contributed by atoms with van der Waals surface area (Å²) in [6.07, 6.45) is 0.0544. The monoisotopic (exact) mass is 410 g/mol. The first kappa shape index (κ1) is 20.7. The molecular weight excluding hydrogens is 386 g/mol. The summed E-state index contributed by atoms with van der Waals surface area (Å²) < 4.78 is 60.2. The van der Waals surface area contributed by atoms with E-state index in [1.807, 2.05) is 38.1 Å². The molecule has 1 aliphatic rings. The van der Waals surface area contributed by atoms with Crippen LogP contribution in [-0.4, -0.2) is 49.9 Å². The molecule has 1 saturated heterocycles. The van der Waals surface area contributed by atoms with Crippen molar-refractivity contribution in [3.63, 3.8) is 0 Å². The number of ether oxygens (including phenoxy) is 1. The van der Waals surface area contributed by atoms with E-state index in [-0.39, 0.29) is 19.2 Å². The molecule has 0 amide bonds. The smallest absolute Gasteiger partial charge is 0.249 e. The van der Waals surface area contributed by atoms with Gasteiger partial charge in [-0.25, -0.2) is 17.2 Å². The third-order valence-corrected chi connectivity index (χ3v) is 6.53. The molecule has 0 aromatic heterocycles. The van der Waals surface area contributed by atoms with Crippen molar-refractivity contribution in [2.45, 2.75) is 31.4 Å². The lowest BCUT2D eigenvalue weighted by Crippen LogP contribution is -2.48. The van der Waals surface area contributed by atoms with Gasteiger partial charge in [-0.3, -0.25) is 4.90 Å². The topological polar surface area (TPSA) is 49.9 Å². The van der Waals surface area contributed by atoms with Gasteiger partial charge in [0.2, 0.25) is 10.0 Å². The molecule has 28 heavy (non-hydrogen) atoms. The maximum absolute atomic E-state index is 13.9. The molecule has 5 nitrogen and oxygen atoms in total. The molecule has 1 aliphatic heterocycles. The zero-order valence-corrected chi connectivity index (χ0v) is 16.8. The van der Waals surface area contributed by atoms with Crippen molar-refractivity contribution in [3.05, 3.63) is 59.7 Å². The highest BCUT2D eigenvalue weighted by atomic mass is 32.2. The Hall–Kier alpha value is -2.03. The van der Waals surface area contributed by atoms with Crippen molar-refractivity contribution < 1.29 is 21.9 Å². The van der Waals surface area contributed by atoms with Crippen LogP contribution in [0.2, 0.25) is 0 Å². The van der Waals surface area contributed by atoms with E-state index in [0.29, 0.717) is 19.6 Å². The summed E-state index contributed by atoms with van der Waals surface area (Å²) in [5.74, 6) is -1.33. The number of para-hydroxylation sites is 1. The minimum absolute atomic E-state index is 0.0544. The van der Waals surface area contributed by atoms with Crippen molar-refractivity contribution in [1.82, 2.24) is 9.21 Å². The molecule has 0 unspecified atom stereocenters. The number of nitrogens with zero attached hydrogens (tertiary/aromatic N) is 2. The van der Waals surface area contributed by atoms with Crippen molar-refractivity contribution in [3.8, 4) is 5.75 Å². The molecule has 2 aromatic rings. The number of rotatable bonds is 6. The van der Waals surface area contributed by atoms with Crippen molar-refractivity contribution in [2.24, 2.45) is 0 Å². The fraction of sp³-hybridized carbons (Fsp3) is 0.400. The fourth-order valence-corrected chi connectivity index (χ4v) is 4.76. The maximum Gasteiger partial charge on any atom is 0.249 e. The van der Waals surface area contributed by atoms with Crippen LogP contribution in [0.15, 0.2) is 47.4 Å². The lowest BCUT2D eigenvalue weighted by Gasteiger charge is -2.34. The molecule has 0 saturated carbocycles. The van der Waals surface area contributed by atoms with Gasteiger partial charge in [0.15, 0.2) is 4.90 Å². The molecule has 152 valence electrons. The van der Waals surface area contributed by atoms with E-state index in [4.69, 9.17) is 4.74 Å². The van der Waals surface area contributed by atoms with Crippen LogP contribution in [0.1, 0.15) is 19.4 Å². The molecule has 0 radical (unpaired) electrons. The third-order valence-electron chi connectivity index (χ3n) is 4.58. The second-order valence-electron chi connectivity index (χ2n) is 7.01. The first-order valence-electron chi connectivity index (χ1n) is 9.20. The fourth-order valence-electron chi connectivity index (χ4n) is 3.23. The Morgan fingerprint density at radius 1 is 0.964 bits per heavy atom. The average Bonchev–Trinajstić information content (AvgIpc) is 2.63. The van der Waals surface area contributed by atoms with Crippen molar-refractivity contribution in [2.75, 3.05) is 26.2 Å². The van der Waals surface area contributed by atoms with E-state index in [9.17, 15) is 17.2 Å². The van der Waals surface area contributed by atoms with Crippen LogP contribution in [0.3, 0.4) is 0 Å². The zero-order valence-electron chi connectivity index (χ0n) is 15.9. The first-order valence-corrected chi connectivity index (χ1v) is 10.6. The normalized spacial score (nSPS) is 16.5. The number of sulfonamides is 1. The molecule has 0 spiro atoms. The van der Waals surface area contributed by atoms with Crippen LogP contribution in [0.4, 0.5) is 8.78 Å². The Bertz CT molecular complexity index is 907. The van der Waals surface area contributed by atoms with Gasteiger partial charge in [0.25, 0.3) is 0 Å². The van der Waals surface area contributed by atoms with Gasteiger partial charge in [-0.15, -0.1) is 0 Å². The molecule has 3 rings (SSSR count). The van der Waals surface area contributed by atoms with Crippen LogP contribution in [0.25, 0.3) is 0 Å². The van der Waals surface area contributed by atoms with E-state index >= 15 is 0 Å². The lowest BCUT2D eigenvalue weighted by atomic mass is 10.1. The van der Waals surface area contributed by atoms with Crippen LogP contribution < -0.4 is 4.74 Å². The summed E-state index contributed by atoms with van der Waals surface area (Å²) in [5.41, 5.74) is 1.02. The minimum Gasteiger partial charge on any atom is -0.491 e. The van der Waals surface area contributed by atoms with E-state index < -0.39 is 26.6 Å². The Morgan fingerprint density at radius 2 is 1.57 bits per heavy atom. The van der Waals surface area contributed by atoms with Gasteiger partial charge in [0.1, 0.15) is 17.4 Å². The van der Waals surface area contributed by atoms with Crippen LogP contribution in [-0.2, 0) is 16.6 Å². The summed E-state index contributed by atoms with van der Waals surface area (Å²) in [6.45, 7) is 5.80. The van der Waals surface area contributed by atoms with E-state index in [1.54, 1.807) is 0 Å². The standard InChI is InChI=1S/C20H24F2N2O3S/c1-15(2)27-19-9-4-3-6-16(19)14-23-10-12-24(13-11-23)28(25,26)20-17(21)7-5-8-18(20)22/h3-9,15H,10-14H2,1-2H3. The summed E-state index contributed by atoms with van der Waals surface area (Å²) >= 11 is 0. The first-order chi connectivity index (χ1) is 13.3. The Labute approximate surface area is 164 Å². The number of benzene rings is 2. The van der Waals surface area contributed by atoms with Crippen LogP contribution in [0.5, 0.6) is 5.75 Å². The lowest BCUT2D eigenvalue weighted by molar-refractivity contribution is 0.176. The molecule has 0 atom stereocenters. The predicted octanol–water partition coefficient (Wildman–Crippen LogP) is 3.26. The largest absolute Gasteiger partial charge is 0.491 e. The third kappa shape index (κ3) is 4.51. The van der Waals surface area contributed by atoms with Gasteiger partial charge < -0.3 is 4.74 Å². The van der Waals surface area contributed by atoms with Gasteiger partial charge in [-0.2, -0.15) is 4.31 Å². The SMILES string of the molecule is CC(C)Oc1ccccc1CN1CCN(S(=O)(=O)c2c(F)cccc2F)CC1. The molecular formula is C20H24F2N2O3S. The second-order valence-corrected chi connectivity index (χ2v) is 8.88. The molecule has 2 aromatic carbocycles. The van der Waals surface area contributed by atoms with Gasteiger partial charge in [0, 0.05) is 38.3 Å². The minimum atomic E-state index is -4.21. The molecule has 8 heteroatoms. The van der Waals surface area contributed by atoms with Gasteiger partial charge in [-0.1, -0.05) is 24.3 Å². The molecule has 0 N–H and O–H groups in total. The summed E-state index contributed by atoms with van der Waals surface area (Å²) in [6, 6.07) is 10.8. The summed E-state index contributed by atoms with van der Waals surface area (Å²) in [4.78, 5) is 1.23. The maximum atomic E-state index is 13.9. The van der Waals surface area contributed by atoms with Crippen LogP contribution >= 0.6 is 0 Å². The van der Waals surface area contributed by atoms with Gasteiger partial charge >= 0.3 is 0 Å². The predicted molar refractivity (Wildman–Crippen MR) is 103 cm³/mol. The summed E-state index contributed by atoms with van der Waals surface area (Å²) in [7, 11) is -4.21.